The zero-order valence-electron chi connectivity index (χ0n) is 11.9. The van der Waals surface area contributed by atoms with E-state index >= 15 is 0 Å². The van der Waals surface area contributed by atoms with Gasteiger partial charge in [-0.1, -0.05) is 37.3 Å². The summed E-state index contributed by atoms with van der Waals surface area (Å²) in [6.45, 7) is 7.52. The molecule has 0 aliphatic heterocycles. The molecular formula is C16H25NO. The van der Waals surface area contributed by atoms with Crippen LogP contribution in [0.5, 0.6) is 0 Å². The molecule has 0 radical (unpaired) electrons. The second kappa shape index (κ2) is 5.41. The molecule has 2 rings (SSSR count). The Labute approximate surface area is 111 Å². The molecule has 0 heterocycles. The summed E-state index contributed by atoms with van der Waals surface area (Å²) in [5.41, 5.74) is 1.36. The molecular weight excluding hydrogens is 222 g/mol. The first-order chi connectivity index (χ1) is 8.60. The molecule has 18 heavy (non-hydrogen) atoms. The van der Waals surface area contributed by atoms with Crippen LogP contribution in [0.4, 0.5) is 0 Å². The minimum Gasteiger partial charge on any atom is -0.377 e. The molecule has 1 fully saturated rings. The Morgan fingerprint density at radius 1 is 1.33 bits per heavy atom. The standard InChI is InChI=1S/C16H25NO/c1-5-17-15(16(2,3)18-4)14-11-13(14)12-9-7-6-8-10-12/h6-10,13-15,17H,5,11H2,1-4H3. The van der Waals surface area contributed by atoms with E-state index in [0.29, 0.717) is 17.9 Å². The molecule has 0 aromatic heterocycles. The normalized spacial score (nSPS) is 24.9. The maximum absolute atomic E-state index is 5.68. The van der Waals surface area contributed by atoms with Gasteiger partial charge in [0, 0.05) is 13.2 Å². The topological polar surface area (TPSA) is 21.3 Å². The van der Waals surface area contributed by atoms with Crippen LogP contribution in [0.2, 0.25) is 0 Å². The molecule has 2 heteroatoms. The lowest BCUT2D eigenvalue weighted by molar-refractivity contribution is -0.0166. The quantitative estimate of drug-likeness (QED) is 0.833. The molecule has 1 N–H and O–H groups in total. The largest absolute Gasteiger partial charge is 0.377 e. The van der Waals surface area contributed by atoms with Crippen LogP contribution in [0.25, 0.3) is 0 Å². The summed E-state index contributed by atoms with van der Waals surface area (Å²) in [5, 5.41) is 3.61. The van der Waals surface area contributed by atoms with Gasteiger partial charge in [0.2, 0.25) is 0 Å². The first kappa shape index (κ1) is 13.6. The summed E-state index contributed by atoms with van der Waals surface area (Å²) in [5.74, 6) is 1.40. The number of ether oxygens (including phenoxy) is 1. The minimum absolute atomic E-state index is 0.107. The van der Waals surface area contributed by atoms with E-state index in [4.69, 9.17) is 4.74 Å². The summed E-state index contributed by atoms with van der Waals surface area (Å²) in [6.07, 6.45) is 1.27. The molecule has 1 saturated carbocycles. The van der Waals surface area contributed by atoms with Gasteiger partial charge < -0.3 is 10.1 Å². The van der Waals surface area contributed by atoms with Gasteiger partial charge in [0.1, 0.15) is 0 Å². The Morgan fingerprint density at radius 2 is 2.00 bits per heavy atom. The van der Waals surface area contributed by atoms with Gasteiger partial charge in [0.05, 0.1) is 5.60 Å². The third-order valence-corrected chi connectivity index (χ3v) is 4.19. The first-order valence-corrected chi connectivity index (χ1v) is 6.93. The molecule has 0 amide bonds. The smallest absolute Gasteiger partial charge is 0.0777 e. The van der Waals surface area contributed by atoms with Crippen LogP contribution in [0, 0.1) is 5.92 Å². The summed E-state index contributed by atoms with van der Waals surface area (Å²) in [4.78, 5) is 0. The third-order valence-electron chi connectivity index (χ3n) is 4.19. The van der Waals surface area contributed by atoms with Crippen molar-refractivity contribution in [2.75, 3.05) is 13.7 Å². The number of methoxy groups -OCH3 is 1. The lowest BCUT2D eigenvalue weighted by Crippen LogP contribution is -2.49. The van der Waals surface area contributed by atoms with Gasteiger partial charge in [-0.3, -0.25) is 0 Å². The summed E-state index contributed by atoms with van der Waals surface area (Å²) < 4.78 is 5.68. The number of hydrogen-bond donors (Lipinski definition) is 1. The lowest BCUT2D eigenvalue weighted by Gasteiger charge is -2.34. The fourth-order valence-corrected chi connectivity index (χ4v) is 2.93. The predicted octanol–water partition coefficient (Wildman–Crippen LogP) is 3.19. The van der Waals surface area contributed by atoms with E-state index in [2.05, 4.69) is 56.4 Å². The Balaban J connectivity index is 2.07. The second-order valence-electron chi connectivity index (χ2n) is 5.76. The highest BCUT2D eigenvalue weighted by atomic mass is 16.5. The van der Waals surface area contributed by atoms with E-state index < -0.39 is 0 Å². The van der Waals surface area contributed by atoms with Crippen molar-refractivity contribution >= 4 is 0 Å². The lowest BCUT2D eigenvalue weighted by atomic mass is 9.92. The second-order valence-corrected chi connectivity index (χ2v) is 5.76. The molecule has 0 spiro atoms. The Bertz CT molecular complexity index is 374. The summed E-state index contributed by atoms with van der Waals surface area (Å²) in [6, 6.07) is 11.3. The Morgan fingerprint density at radius 3 is 2.56 bits per heavy atom. The van der Waals surface area contributed by atoms with Crippen molar-refractivity contribution < 1.29 is 4.74 Å². The molecule has 1 aromatic rings. The van der Waals surface area contributed by atoms with Crippen LogP contribution in [0.1, 0.15) is 38.7 Å². The van der Waals surface area contributed by atoms with Gasteiger partial charge in [-0.2, -0.15) is 0 Å². The average molecular weight is 247 g/mol. The van der Waals surface area contributed by atoms with Gasteiger partial charge in [-0.15, -0.1) is 0 Å². The number of rotatable bonds is 6. The average Bonchev–Trinajstić information content (AvgIpc) is 3.17. The summed E-state index contributed by atoms with van der Waals surface area (Å²) in [7, 11) is 1.81. The van der Waals surface area contributed by atoms with Crippen LogP contribution >= 0.6 is 0 Å². The fraction of sp³-hybridized carbons (Fsp3) is 0.625. The van der Waals surface area contributed by atoms with Gasteiger partial charge in [-0.25, -0.2) is 0 Å². The molecule has 3 atom stereocenters. The highest BCUT2D eigenvalue weighted by Crippen LogP contribution is 2.51. The van der Waals surface area contributed by atoms with Crippen LogP contribution in [0.15, 0.2) is 30.3 Å². The molecule has 0 saturated heterocycles. The molecule has 1 aliphatic carbocycles. The van der Waals surface area contributed by atoms with E-state index in [1.54, 1.807) is 0 Å². The zero-order chi connectivity index (χ0) is 13.2. The van der Waals surface area contributed by atoms with E-state index in [1.165, 1.54) is 12.0 Å². The van der Waals surface area contributed by atoms with Crippen LogP contribution in [0.3, 0.4) is 0 Å². The van der Waals surface area contributed by atoms with Crippen molar-refractivity contribution in [1.29, 1.82) is 0 Å². The van der Waals surface area contributed by atoms with Crippen LogP contribution in [-0.2, 0) is 4.74 Å². The Hall–Kier alpha value is -0.860. The monoisotopic (exact) mass is 247 g/mol. The molecule has 3 unspecified atom stereocenters. The minimum atomic E-state index is -0.107. The maximum atomic E-state index is 5.68. The molecule has 1 aliphatic rings. The molecule has 100 valence electrons. The zero-order valence-corrected chi connectivity index (χ0v) is 11.9. The van der Waals surface area contributed by atoms with Gasteiger partial charge in [-0.05, 0) is 44.2 Å². The van der Waals surface area contributed by atoms with Gasteiger partial charge in [0.25, 0.3) is 0 Å². The molecule has 1 aromatic carbocycles. The Kier molecular flexibility index (Phi) is 4.08. The van der Waals surface area contributed by atoms with Crippen molar-refractivity contribution in [3.05, 3.63) is 35.9 Å². The SMILES string of the molecule is CCNC(C1CC1c1ccccc1)C(C)(C)OC. The highest BCUT2D eigenvalue weighted by molar-refractivity contribution is 5.27. The van der Waals surface area contributed by atoms with Crippen molar-refractivity contribution in [2.24, 2.45) is 5.92 Å². The van der Waals surface area contributed by atoms with E-state index in [-0.39, 0.29) is 5.60 Å². The number of nitrogens with one attached hydrogen (secondary N) is 1. The third kappa shape index (κ3) is 2.76. The van der Waals surface area contributed by atoms with Gasteiger partial charge in [0.15, 0.2) is 0 Å². The van der Waals surface area contributed by atoms with E-state index in [1.807, 2.05) is 7.11 Å². The summed E-state index contributed by atoms with van der Waals surface area (Å²) >= 11 is 0. The van der Waals surface area contributed by atoms with Crippen molar-refractivity contribution in [2.45, 2.75) is 44.8 Å². The van der Waals surface area contributed by atoms with E-state index in [9.17, 15) is 0 Å². The van der Waals surface area contributed by atoms with E-state index in [0.717, 1.165) is 6.54 Å². The maximum Gasteiger partial charge on any atom is 0.0777 e. The van der Waals surface area contributed by atoms with Crippen molar-refractivity contribution in [3.63, 3.8) is 0 Å². The number of benzene rings is 1. The molecule has 2 nitrogen and oxygen atoms in total. The number of hydrogen-bond acceptors (Lipinski definition) is 2. The molecule has 0 bridgehead atoms. The van der Waals surface area contributed by atoms with Crippen molar-refractivity contribution in [1.82, 2.24) is 5.32 Å². The van der Waals surface area contributed by atoms with Crippen LogP contribution < -0.4 is 5.32 Å². The fourth-order valence-electron chi connectivity index (χ4n) is 2.93. The van der Waals surface area contributed by atoms with Crippen molar-refractivity contribution in [3.8, 4) is 0 Å². The van der Waals surface area contributed by atoms with Crippen LogP contribution in [-0.4, -0.2) is 25.3 Å². The number of likely N-dealkylation sites (N-methyl/N-ethyl adjacent to an activating group) is 1. The van der Waals surface area contributed by atoms with Gasteiger partial charge >= 0.3 is 0 Å². The predicted molar refractivity (Wildman–Crippen MR) is 75.8 cm³/mol. The highest BCUT2D eigenvalue weighted by Gasteiger charge is 2.49. The first-order valence-electron chi connectivity index (χ1n) is 6.93.